The van der Waals surface area contributed by atoms with Crippen LogP contribution in [-0.2, 0) is 4.79 Å². The Bertz CT molecular complexity index is 784. The summed E-state index contributed by atoms with van der Waals surface area (Å²) in [4.78, 5) is 34.7. The number of carbonyl (C=O) groups excluding carboxylic acids is 3. The summed E-state index contributed by atoms with van der Waals surface area (Å²) in [6.07, 6.45) is 0. The van der Waals surface area contributed by atoms with Gasteiger partial charge in [-0.2, -0.15) is 0 Å². The van der Waals surface area contributed by atoms with Gasteiger partial charge in [-0.05, 0) is 56.3 Å². The Balaban J connectivity index is 1.98. The Morgan fingerprint density at radius 3 is 2.25 bits per heavy atom. The molecule has 0 aromatic heterocycles. The highest BCUT2D eigenvalue weighted by molar-refractivity contribution is 6.31. The van der Waals surface area contributed by atoms with E-state index in [9.17, 15) is 14.4 Å². The number of amides is 1. The summed E-state index contributed by atoms with van der Waals surface area (Å²) in [7, 11) is 0. The zero-order valence-corrected chi connectivity index (χ0v) is 14.0. The van der Waals surface area contributed by atoms with Crippen molar-refractivity contribution in [1.29, 1.82) is 0 Å². The van der Waals surface area contributed by atoms with Crippen LogP contribution in [0, 0.1) is 0 Å². The summed E-state index contributed by atoms with van der Waals surface area (Å²) in [5.41, 5.74) is 1.44. The number of ketones is 2. The molecule has 0 radical (unpaired) electrons. The van der Waals surface area contributed by atoms with Crippen LogP contribution in [-0.4, -0.2) is 24.1 Å². The third-order valence-electron chi connectivity index (χ3n) is 3.25. The van der Waals surface area contributed by atoms with Crippen molar-refractivity contribution in [1.82, 2.24) is 0 Å². The third kappa shape index (κ3) is 4.67. The number of nitrogens with one attached hydrogen (secondary N) is 1. The molecule has 0 bridgehead atoms. The van der Waals surface area contributed by atoms with Crippen LogP contribution in [0.1, 0.15) is 34.6 Å². The number of rotatable bonds is 6. The number of carbonyl (C=O) groups is 3. The summed E-state index contributed by atoms with van der Waals surface area (Å²) >= 11 is 5.85. The molecule has 1 amide bonds. The van der Waals surface area contributed by atoms with Crippen LogP contribution >= 0.6 is 11.6 Å². The van der Waals surface area contributed by atoms with E-state index in [-0.39, 0.29) is 24.1 Å². The fourth-order valence-corrected chi connectivity index (χ4v) is 2.20. The van der Waals surface area contributed by atoms with Gasteiger partial charge in [0.2, 0.25) is 0 Å². The average molecular weight is 346 g/mol. The first-order chi connectivity index (χ1) is 11.4. The predicted molar refractivity (Wildman–Crippen MR) is 92.0 cm³/mol. The van der Waals surface area contributed by atoms with Crippen LogP contribution in [0.2, 0.25) is 5.02 Å². The Hall–Kier alpha value is -2.66. The number of ether oxygens (including phenoxy) is 1. The molecular formula is C18H16ClNO4. The molecule has 24 heavy (non-hydrogen) atoms. The minimum atomic E-state index is -0.380. The Labute approximate surface area is 144 Å². The number of benzene rings is 2. The van der Waals surface area contributed by atoms with Gasteiger partial charge in [-0.3, -0.25) is 14.4 Å². The van der Waals surface area contributed by atoms with Gasteiger partial charge in [0.1, 0.15) is 5.75 Å². The van der Waals surface area contributed by atoms with Gasteiger partial charge in [0, 0.05) is 16.3 Å². The van der Waals surface area contributed by atoms with Gasteiger partial charge in [-0.1, -0.05) is 11.6 Å². The first kappa shape index (κ1) is 17.7. The molecule has 2 rings (SSSR count). The van der Waals surface area contributed by atoms with Crippen LogP contribution in [0.5, 0.6) is 5.75 Å². The lowest BCUT2D eigenvalue weighted by molar-refractivity contribution is -0.118. The van der Waals surface area contributed by atoms with Crippen LogP contribution in [0.25, 0.3) is 0 Å². The molecule has 0 heterocycles. The van der Waals surface area contributed by atoms with Gasteiger partial charge in [-0.25, -0.2) is 0 Å². The summed E-state index contributed by atoms with van der Waals surface area (Å²) in [6, 6.07) is 11.2. The number of hydrogen-bond donors (Lipinski definition) is 1. The largest absolute Gasteiger partial charge is 0.483 e. The number of hydrogen-bond acceptors (Lipinski definition) is 4. The molecule has 0 aliphatic rings. The second-order valence-electron chi connectivity index (χ2n) is 5.17. The minimum absolute atomic E-state index is 0.0456. The number of anilines is 1. The molecule has 2 aromatic rings. The highest BCUT2D eigenvalue weighted by Crippen LogP contribution is 2.23. The van der Waals surface area contributed by atoms with Gasteiger partial charge in [-0.15, -0.1) is 0 Å². The van der Waals surface area contributed by atoms with Crippen molar-refractivity contribution in [3.63, 3.8) is 0 Å². The molecule has 0 atom stereocenters. The van der Waals surface area contributed by atoms with Crippen molar-refractivity contribution in [3.05, 3.63) is 58.6 Å². The molecule has 0 unspecified atom stereocenters. The molecule has 2 aromatic carbocycles. The lowest BCUT2D eigenvalue weighted by atomic mass is 10.1. The molecule has 0 spiro atoms. The maximum atomic E-state index is 11.9. The highest BCUT2D eigenvalue weighted by Gasteiger charge is 2.11. The second-order valence-corrected chi connectivity index (χ2v) is 5.60. The van der Waals surface area contributed by atoms with Crippen molar-refractivity contribution < 1.29 is 19.1 Å². The summed E-state index contributed by atoms with van der Waals surface area (Å²) < 4.78 is 5.40. The van der Waals surface area contributed by atoms with E-state index in [2.05, 4.69) is 5.32 Å². The van der Waals surface area contributed by atoms with E-state index in [1.165, 1.54) is 19.9 Å². The normalized spacial score (nSPS) is 10.1. The number of Topliss-reactive ketones (excluding diaryl/α,β-unsaturated/α-hetero) is 2. The third-order valence-corrected chi connectivity index (χ3v) is 3.49. The Kier molecular flexibility index (Phi) is 5.71. The molecular weight excluding hydrogens is 330 g/mol. The molecule has 0 aliphatic carbocycles. The fraction of sp³-hybridized carbons (Fsp3) is 0.167. The second kappa shape index (κ2) is 7.75. The van der Waals surface area contributed by atoms with E-state index in [1.54, 1.807) is 36.4 Å². The van der Waals surface area contributed by atoms with E-state index in [0.717, 1.165) is 0 Å². The molecule has 0 saturated heterocycles. The Morgan fingerprint density at radius 2 is 1.67 bits per heavy atom. The standard InChI is InChI=1S/C18H16ClNO4/c1-11(21)13-3-6-15(7-4-13)20-18(23)10-24-17-8-5-14(19)9-16(17)12(2)22/h3-9H,10H2,1-2H3,(H,20,23). The monoisotopic (exact) mass is 345 g/mol. The first-order valence-corrected chi connectivity index (χ1v) is 7.59. The Morgan fingerprint density at radius 1 is 1.00 bits per heavy atom. The number of halogens is 1. The fourth-order valence-electron chi connectivity index (χ4n) is 2.03. The maximum Gasteiger partial charge on any atom is 0.262 e. The van der Waals surface area contributed by atoms with Crippen molar-refractivity contribution in [2.75, 3.05) is 11.9 Å². The van der Waals surface area contributed by atoms with E-state index in [1.807, 2.05) is 0 Å². The van der Waals surface area contributed by atoms with E-state index in [0.29, 0.717) is 27.6 Å². The first-order valence-electron chi connectivity index (χ1n) is 7.21. The highest BCUT2D eigenvalue weighted by atomic mass is 35.5. The summed E-state index contributed by atoms with van der Waals surface area (Å²) in [6.45, 7) is 2.62. The molecule has 6 heteroatoms. The molecule has 0 aliphatic heterocycles. The summed E-state index contributed by atoms with van der Waals surface area (Å²) in [5.74, 6) is -0.326. The zero-order valence-electron chi connectivity index (χ0n) is 13.3. The van der Waals surface area contributed by atoms with E-state index in [4.69, 9.17) is 16.3 Å². The minimum Gasteiger partial charge on any atom is -0.483 e. The quantitative estimate of drug-likeness (QED) is 0.809. The van der Waals surface area contributed by atoms with E-state index < -0.39 is 0 Å². The average Bonchev–Trinajstić information content (AvgIpc) is 2.54. The van der Waals surface area contributed by atoms with Crippen molar-refractivity contribution >= 4 is 34.8 Å². The van der Waals surface area contributed by atoms with Crippen molar-refractivity contribution in [2.24, 2.45) is 0 Å². The maximum absolute atomic E-state index is 11.9. The SMILES string of the molecule is CC(=O)c1ccc(NC(=O)COc2ccc(Cl)cc2C(C)=O)cc1. The lowest BCUT2D eigenvalue weighted by Gasteiger charge is -2.10. The molecule has 124 valence electrons. The van der Waals surface area contributed by atoms with Gasteiger partial charge in [0.25, 0.3) is 5.91 Å². The van der Waals surface area contributed by atoms with Crippen LogP contribution in [0.3, 0.4) is 0 Å². The van der Waals surface area contributed by atoms with Crippen molar-refractivity contribution in [3.8, 4) is 5.75 Å². The van der Waals surface area contributed by atoms with E-state index >= 15 is 0 Å². The zero-order chi connectivity index (χ0) is 17.7. The van der Waals surface area contributed by atoms with Gasteiger partial charge < -0.3 is 10.1 Å². The predicted octanol–water partition coefficient (Wildman–Crippen LogP) is 3.76. The van der Waals surface area contributed by atoms with Crippen LogP contribution < -0.4 is 10.1 Å². The van der Waals surface area contributed by atoms with Gasteiger partial charge >= 0.3 is 0 Å². The summed E-state index contributed by atoms with van der Waals surface area (Å²) in [5, 5.41) is 3.07. The lowest BCUT2D eigenvalue weighted by Crippen LogP contribution is -2.20. The molecule has 5 nitrogen and oxygen atoms in total. The molecule has 1 N–H and O–H groups in total. The molecule has 0 fully saturated rings. The van der Waals surface area contributed by atoms with Crippen LogP contribution in [0.15, 0.2) is 42.5 Å². The topological polar surface area (TPSA) is 72.5 Å². The molecule has 0 saturated carbocycles. The van der Waals surface area contributed by atoms with Crippen molar-refractivity contribution in [2.45, 2.75) is 13.8 Å². The van der Waals surface area contributed by atoms with Gasteiger partial charge in [0.15, 0.2) is 18.2 Å². The smallest absolute Gasteiger partial charge is 0.262 e. The van der Waals surface area contributed by atoms with Gasteiger partial charge in [0.05, 0.1) is 5.56 Å². The van der Waals surface area contributed by atoms with Crippen LogP contribution in [0.4, 0.5) is 5.69 Å².